The minimum Gasteiger partial charge on any atom is -0.481 e. The third kappa shape index (κ3) is 2.37. The molecule has 3 heteroatoms. The maximum atomic E-state index is 13.0. The van der Waals surface area contributed by atoms with Gasteiger partial charge in [0.15, 0.2) is 0 Å². The van der Waals surface area contributed by atoms with Crippen molar-refractivity contribution in [1.82, 2.24) is 0 Å². The van der Waals surface area contributed by atoms with Crippen LogP contribution in [-0.4, -0.2) is 6.61 Å². The first-order chi connectivity index (χ1) is 6.15. The highest BCUT2D eigenvalue weighted by Crippen LogP contribution is 2.24. The molecule has 0 heterocycles. The van der Waals surface area contributed by atoms with Crippen LogP contribution in [0, 0.1) is 25.1 Å². The summed E-state index contributed by atoms with van der Waals surface area (Å²) in [6.45, 7) is 3.53. The van der Waals surface area contributed by atoms with Gasteiger partial charge in [-0.15, -0.1) is 6.42 Å². The minimum absolute atomic E-state index is 0.0895. The molecule has 1 rings (SSSR count). The number of rotatable bonds is 2. The number of halogens is 2. The smallest absolute Gasteiger partial charge is 0.148 e. The van der Waals surface area contributed by atoms with Crippen molar-refractivity contribution < 1.29 is 9.13 Å². The predicted molar refractivity (Wildman–Crippen MR) is 50.2 cm³/mol. The lowest BCUT2D eigenvalue weighted by atomic mass is 10.2. The molecule has 1 nitrogen and oxygen atoms in total. The van der Waals surface area contributed by atoms with Gasteiger partial charge in [0.25, 0.3) is 0 Å². The Morgan fingerprint density at radius 3 is 2.85 bits per heavy atom. The molecule has 0 atom stereocenters. The SMILES string of the molecule is C#CCOc1cc(F)c([CH2])c(Cl)c1. The second kappa shape index (κ2) is 4.15. The second-order valence-electron chi connectivity index (χ2n) is 2.36. The summed E-state index contributed by atoms with van der Waals surface area (Å²) >= 11 is 5.66. The highest BCUT2D eigenvalue weighted by atomic mass is 35.5. The van der Waals surface area contributed by atoms with Gasteiger partial charge in [-0.1, -0.05) is 17.5 Å². The first-order valence-electron chi connectivity index (χ1n) is 3.52. The lowest BCUT2D eigenvalue weighted by Gasteiger charge is -2.05. The van der Waals surface area contributed by atoms with Crippen LogP contribution in [0.25, 0.3) is 0 Å². The van der Waals surface area contributed by atoms with Crippen molar-refractivity contribution in [2.45, 2.75) is 0 Å². The van der Waals surface area contributed by atoms with E-state index in [1.165, 1.54) is 12.1 Å². The standard InChI is InChI=1S/C10H7ClFO/c1-3-4-13-8-5-9(11)7(2)10(12)6-8/h1,5-6H,2,4H2. The van der Waals surface area contributed by atoms with E-state index in [9.17, 15) is 4.39 Å². The highest BCUT2D eigenvalue weighted by molar-refractivity contribution is 6.31. The number of hydrogen-bond donors (Lipinski definition) is 0. The van der Waals surface area contributed by atoms with E-state index in [1.54, 1.807) is 0 Å². The van der Waals surface area contributed by atoms with Gasteiger partial charge in [0.2, 0.25) is 0 Å². The highest BCUT2D eigenvalue weighted by Gasteiger charge is 2.05. The number of ether oxygens (including phenoxy) is 1. The van der Waals surface area contributed by atoms with Gasteiger partial charge < -0.3 is 4.74 Å². The third-order valence-corrected chi connectivity index (χ3v) is 1.77. The molecule has 1 aromatic carbocycles. The summed E-state index contributed by atoms with van der Waals surface area (Å²) in [5, 5.41) is 0.229. The monoisotopic (exact) mass is 197 g/mol. The van der Waals surface area contributed by atoms with E-state index in [1.807, 2.05) is 0 Å². The lowest BCUT2D eigenvalue weighted by molar-refractivity contribution is 0.368. The summed E-state index contributed by atoms with van der Waals surface area (Å²) in [6.07, 6.45) is 4.97. The van der Waals surface area contributed by atoms with Crippen molar-refractivity contribution in [3.63, 3.8) is 0 Å². The van der Waals surface area contributed by atoms with E-state index in [2.05, 4.69) is 12.8 Å². The molecule has 1 radical (unpaired) electrons. The Labute approximate surface area is 81.5 Å². The lowest BCUT2D eigenvalue weighted by Crippen LogP contribution is -1.95. The molecule has 0 fully saturated rings. The van der Waals surface area contributed by atoms with E-state index in [0.717, 1.165) is 0 Å². The van der Waals surface area contributed by atoms with Crippen LogP contribution in [0.1, 0.15) is 5.56 Å². The van der Waals surface area contributed by atoms with E-state index in [4.69, 9.17) is 22.8 Å². The average molecular weight is 198 g/mol. The first-order valence-corrected chi connectivity index (χ1v) is 3.90. The quantitative estimate of drug-likeness (QED) is 0.663. The molecule has 0 aromatic heterocycles. The van der Waals surface area contributed by atoms with Crippen LogP contribution >= 0.6 is 11.6 Å². The first kappa shape index (κ1) is 9.88. The number of benzene rings is 1. The van der Waals surface area contributed by atoms with Crippen molar-refractivity contribution in [3.8, 4) is 18.1 Å². The molecule has 0 spiro atoms. The zero-order valence-electron chi connectivity index (χ0n) is 6.81. The zero-order valence-corrected chi connectivity index (χ0v) is 7.57. The van der Waals surface area contributed by atoms with Crippen molar-refractivity contribution in [2.24, 2.45) is 0 Å². The maximum absolute atomic E-state index is 13.0. The van der Waals surface area contributed by atoms with E-state index in [0.29, 0.717) is 5.75 Å². The van der Waals surface area contributed by atoms with Gasteiger partial charge >= 0.3 is 0 Å². The molecular weight excluding hydrogens is 191 g/mol. The molecule has 0 bridgehead atoms. The van der Waals surface area contributed by atoms with Crippen molar-refractivity contribution in [3.05, 3.63) is 35.5 Å². The van der Waals surface area contributed by atoms with Gasteiger partial charge in [-0.3, -0.25) is 0 Å². The Balaban J connectivity index is 2.94. The molecule has 13 heavy (non-hydrogen) atoms. The Hall–Kier alpha value is -1.20. The van der Waals surface area contributed by atoms with Crippen molar-refractivity contribution in [2.75, 3.05) is 6.61 Å². The van der Waals surface area contributed by atoms with Crippen LogP contribution in [-0.2, 0) is 0 Å². The molecule has 0 saturated carbocycles. The van der Waals surface area contributed by atoms with Gasteiger partial charge in [-0.05, 0) is 13.0 Å². The Morgan fingerprint density at radius 1 is 1.62 bits per heavy atom. The Bertz CT molecular complexity index is 331. The molecule has 0 aliphatic heterocycles. The minimum atomic E-state index is -0.500. The van der Waals surface area contributed by atoms with Crippen LogP contribution in [0.3, 0.4) is 0 Å². The van der Waals surface area contributed by atoms with Gasteiger partial charge in [0, 0.05) is 11.6 Å². The van der Waals surface area contributed by atoms with Crippen LogP contribution in [0.5, 0.6) is 5.75 Å². The Morgan fingerprint density at radius 2 is 2.31 bits per heavy atom. The maximum Gasteiger partial charge on any atom is 0.148 e. The van der Waals surface area contributed by atoms with Crippen LogP contribution in [0.15, 0.2) is 12.1 Å². The molecule has 1 aromatic rings. The van der Waals surface area contributed by atoms with E-state index >= 15 is 0 Å². The topological polar surface area (TPSA) is 9.23 Å². The normalized spacial score (nSPS) is 9.38. The van der Waals surface area contributed by atoms with Crippen molar-refractivity contribution in [1.29, 1.82) is 0 Å². The number of terminal acetylenes is 1. The van der Waals surface area contributed by atoms with Gasteiger partial charge in [0.1, 0.15) is 18.2 Å². The van der Waals surface area contributed by atoms with Crippen LogP contribution < -0.4 is 4.74 Å². The summed E-state index contributed by atoms with van der Waals surface area (Å²) in [7, 11) is 0. The van der Waals surface area contributed by atoms with E-state index in [-0.39, 0.29) is 17.2 Å². The van der Waals surface area contributed by atoms with Crippen molar-refractivity contribution >= 4 is 11.6 Å². The summed E-state index contributed by atoms with van der Waals surface area (Å²) in [6, 6.07) is 2.68. The molecular formula is C10H7ClFO. The zero-order chi connectivity index (χ0) is 9.84. The molecule has 67 valence electrons. The molecule has 0 aliphatic carbocycles. The van der Waals surface area contributed by atoms with Crippen LogP contribution in [0.4, 0.5) is 4.39 Å². The van der Waals surface area contributed by atoms with E-state index < -0.39 is 5.82 Å². The fraction of sp³-hybridized carbons (Fsp3) is 0.100. The predicted octanol–water partition coefficient (Wildman–Crippen LogP) is 2.67. The molecule has 0 N–H and O–H groups in total. The van der Waals surface area contributed by atoms with Gasteiger partial charge in [0.05, 0.1) is 5.02 Å². The average Bonchev–Trinajstić information content (AvgIpc) is 2.10. The van der Waals surface area contributed by atoms with Crippen LogP contribution in [0.2, 0.25) is 5.02 Å². The third-order valence-electron chi connectivity index (χ3n) is 1.44. The fourth-order valence-electron chi connectivity index (χ4n) is 0.788. The summed E-state index contributed by atoms with van der Waals surface area (Å²) in [4.78, 5) is 0. The molecule has 0 unspecified atom stereocenters. The molecule has 0 saturated heterocycles. The summed E-state index contributed by atoms with van der Waals surface area (Å²) in [5.74, 6) is 2.08. The second-order valence-corrected chi connectivity index (χ2v) is 2.77. The summed E-state index contributed by atoms with van der Waals surface area (Å²) < 4.78 is 18.0. The number of hydrogen-bond acceptors (Lipinski definition) is 1. The molecule has 0 amide bonds. The van der Waals surface area contributed by atoms with Gasteiger partial charge in [-0.2, -0.15) is 0 Å². The largest absolute Gasteiger partial charge is 0.481 e. The summed E-state index contributed by atoms with van der Waals surface area (Å²) in [5.41, 5.74) is 0.162. The fourth-order valence-corrected chi connectivity index (χ4v) is 0.986. The van der Waals surface area contributed by atoms with Gasteiger partial charge in [-0.25, -0.2) is 4.39 Å². The molecule has 0 aliphatic rings. The Kier molecular flexibility index (Phi) is 3.16.